The summed E-state index contributed by atoms with van der Waals surface area (Å²) in [7, 11) is 0. The Balaban J connectivity index is 1.70. The van der Waals surface area contributed by atoms with Crippen LogP contribution in [0.15, 0.2) is 72.8 Å². The summed E-state index contributed by atoms with van der Waals surface area (Å²) in [6.07, 6.45) is 0.875. The van der Waals surface area contributed by atoms with Gasteiger partial charge in [0.2, 0.25) is 0 Å². The van der Waals surface area contributed by atoms with Crippen LogP contribution in [0.3, 0.4) is 0 Å². The van der Waals surface area contributed by atoms with Crippen LogP contribution in [-0.4, -0.2) is 5.91 Å². The zero-order valence-electron chi connectivity index (χ0n) is 14.5. The molecule has 0 spiro atoms. The summed E-state index contributed by atoms with van der Waals surface area (Å²) in [5, 5.41) is 2.97. The molecular weight excluding hydrogens is 310 g/mol. The molecule has 0 aliphatic carbocycles. The second-order valence-corrected chi connectivity index (χ2v) is 5.91. The van der Waals surface area contributed by atoms with Crippen LogP contribution in [0, 0.1) is 6.92 Å². The summed E-state index contributed by atoms with van der Waals surface area (Å²) in [4.78, 5) is 12.4. The third-order valence-electron chi connectivity index (χ3n) is 3.99. The Kier molecular flexibility index (Phi) is 5.14. The van der Waals surface area contributed by atoms with Gasteiger partial charge in [0.05, 0.1) is 0 Å². The minimum absolute atomic E-state index is 0.122. The fourth-order valence-corrected chi connectivity index (χ4v) is 2.63. The van der Waals surface area contributed by atoms with Crippen LogP contribution in [0.25, 0.3) is 0 Å². The van der Waals surface area contributed by atoms with E-state index in [4.69, 9.17) is 4.74 Å². The Morgan fingerprint density at radius 1 is 0.920 bits per heavy atom. The molecule has 0 saturated carbocycles. The maximum Gasteiger partial charge on any atom is 0.255 e. The zero-order chi connectivity index (χ0) is 17.6. The van der Waals surface area contributed by atoms with Gasteiger partial charge in [0.25, 0.3) is 5.91 Å². The number of amides is 1. The van der Waals surface area contributed by atoms with E-state index in [-0.39, 0.29) is 5.91 Å². The van der Waals surface area contributed by atoms with E-state index in [9.17, 15) is 4.79 Å². The van der Waals surface area contributed by atoms with Crippen LogP contribution in [0.1, 0.15) is 28.4 Å². The number of carbonyl (C=O) groups excluding carboxylic acids is 1. The summed E-state index contributed by atoms with van der Waals surface area (Å²) in [5.74, 6) is 1.37. The molecular formula is C22H21NO2. The van der Waals surface area contributed by atoms with Gasteiger partial charge < -0.3 is 10.1 Å². The van der Waals surface area contributed by atoms with Crippen molar-refractivity contribution < 1.29 is 9.53 Å². The number of hydrogen-bond donors (Lipinski definition) is 1. The predicted molar refractivity (Wildman–Crippen MR) is 101 cm³/mol. The van der Waals surface area contributed by atoms with Crippen LogP contribution in [0.2, 0.25) is 0 Å². The largest absolute Gasteiger partial charge is 0.457 e. The van der Waals surface area contributed by atoms with Crippen LogP contribution in [-0.2, 0) is 6.42 Å². The van der Waals surface area contributed by atoms with Crippen molar-refractivity contribution in [3.8, 4) is 11.5 Å². The molecule has 3 heteroatoms. The SMILES string of the molecule is CCc1ccccc1NC(=O)c1ccc(Oc2cccc(C)c2)cc1. The lowest BCUT2D eigenvalue weighted by atomic mass is 10.1. The van der Waals surface area contributed by atoms with E-state index in [1.807, 2.05) is 67.6 Å². The first-order valence-electron chi connectivity index (χ1n) is 8.39. The molecule has 0 atom stereocenters. The highest BCUT2D eigenvalue weighted by Crippen LogP contribution is 2.23. The van der Waals surface area contributed by atoms with E-state index in [1.54, 1.807) is 12.1 Å². The summed E-state index contributed by atoms with van der Waals surface area (Å²) >= 11 is 0. The van der Waals surface area contributed by atoms with Crippen molar-refractivity contribution in [2.24, 2.45) is 0 Å². The maximum absolute atomic E-state index is 12.4. The van der Waals surface area contributed by atoms with Crippen molar-refractivity contribution in [3.63, 3.8) is 0 Å². The first-order chi connectivity index (χ1) is 12.2. The molecule has 25 heavy (non-hydrogen) atoms. The smallest absolute Gasteiger partial charge is 0.255 e. The molecule has 0 radical (unpaired) electrons. The predicted octanol–water partition coefficient (Wildman–Crippen LogP) is 5.60. The fourth-order valence-electron chi connectivity index (χ4n) is 2.63. The average Bonchev–Trinajstić information content (AvgIpc) is 2.63. The summed E-state index contributed by atoms with van der Waals surface area (Å²) in [5.41, 5.74) is 3.72. The molecule has 0 fully saturated rings. The van der Waals surface area contributed by atoms with E-state index >= 15 is 0 Å². The molecule has 0 saturated heterocycles. The molecule has 0 bridgehead atoms. The molecule has 1 amide bonds. The number of aryl methyl sites for hydroxylation is 2. The van der Waals surface area contributed by atoms with Gasteiger partial charge in [-0.1, -0.05) is 37.3 Å². The van der Waals surface area contributed by atoms with Crippen molar-refractivity contribution >= 4 is 11.6 Å². The summed E-state index contributed by atoms with van der Waals surface area (Å²) < 4.78 is 5.82. The average molecular weight is 331 g/mol. The molecule has 126 valence electrons. The highest BCUT2D eigenvalue weighted by Gasteiger charge is 2.08. The van der Waals surface area contributed by atoms with Crippen molar-refractivity contribution in [3.05, 3.63) is 89.5 Å². The van der Waals surface area contributed by atoms with Crippen molar-refractivity contribution in [1.82, 2.24) is 0 Å². The number of benzene rings is 3. The van der Waals surface area contributed by atoms with Gasteiger partial charge in [-0.15, -0.1) is 0 Å². The number of carbonyl (C=O) groups is 1. The van der Waals surface area contributed by atoms with Gasteiger partial charge in [0.15, 0.2) is 0 Å². The number of ether oxygens (including phenoxy) is 1. The fraction of sp³-hybridized carbons (Fsp3) is 0.136. The van der Waals surface area contributed by atoms with Gasteiger partial charge >= 0.3 is 0 Å². The quantitative estimate of drug-likeness (QED) is 0.660. The van der Waals surface area contributed by atoms with Crippen LogP contribution in [0.5, 0.6) is 11.5 Å². The van der Waals surface area contributed by atoms with Gasteiger partial charge in [0, 0.05) is 11.3 Å². The van der Waals surface area contributed by atoms with Crippen molar-refractivity contribution in [2.45, 2.75) is 20.3 Å². The summed E-state index contributed by atoms with van der Waals surface area (Å²) in [6, 6.07) is 22.9. The molecule has 3 aromatic rings. The zero-order valence-corrected chi connectivity index (χ0v) is 14.5. The number of rotatable bonds is 5. The standard InChI is InChI=1S/C22H21NO2/c1-3-17-8-4-5-10-21(17)23-22(24)18-11-13-19(14-12-18)25-20-9-6-7-16(2)15-20/h4-15H,3H2,1-2H3,(H,23,24). The highest BCUT2D eigenvalue weighted by atomic mass is 16.5. The number of hydrogen-bond acceptors (Lipinski definition) is 2. The Morgan fingerprint density at radius 3 is 2.40 bits per heavy atom. The van der Waals surface area contributed by atoms with Crippen LogP contribution >= 0.6 is 0 Å². The van der Waals surface area contributed by atoms with Crippen molar-refractivity contribution in [2.75, 3.05) is 5.32 Å². The monoisotopic (exact) mass is 331 g/mol. The van der Waals surface area contributed by atoms with Crippen LogP contribution < -0.4 is 10.1 Å². The Hall–Kier alpha value is -3.07. The van der Waals surface area contributed by atoms with Crippen LogP contribution in [0.4, 0.5) is 5.69 Å². The van der Waals surface area contributed by atoms with E-state index in [2.05, 4.69) is 12.2 Å². The highest BCUT2D eigenvalue weighted by molar-refractivity contribution is 6.04. The summed E-state index contributed by atoms with van der Waals surface area (Å²) in [6.45, 7) is 4.09. The van der Waals surface area contributed by atoms with Gasteiger partial charge in [-0.25, -0.2) is 0 Å². The van der Waals surface area contributed by atoms with Crippen molar-refractivity contribution in [1.29, 1.82) is 0 Å². The molecule has 0 unspecified atom stereocenters. The third-order valence-corrected chi connectivity index (χ3v) is 3.99. The van der Waals surface area contributed by atoms with E-state index in [1.165, 1.54) is 0 Å². The van der Waals surface area contributed by atoms with Gasteiger partial charge in [-0.2, -0.15) is 0 Å². The first kappa shape index (κ1) is 16.8. The molecule has 1 N–H and O–H groups in total. The third kappa shape index (κ3) is 4.27. The molecule has 3 aromatic carbocycles. The van der Waals surface area contributed by atoms with E-state index < -0.39 is 0 Å². The van der Waals surface area contributed by atoms with Gasteiger partial charge in [0.1, 0.15) is 11.5 Å². The molecule has 0 aliphatic heterocycles. The lowest BCUT2D eigenvalue weighted by Crippen LogP contribution is -2.13. The Morgan fingerprint density at radius 2 is 1.68 bits per heavy atom. The number of nitrogens with one attached hydrogen (secondary N) is 1. The Labute approximate surface area is 148 Å². The normalized spacial score (nSPS) is 10.3. The minimum atomic E-state index is -0.122. The molecule has 0 heterocycles. The topological polar surface area (TPSA) is 38.3 Å². The molecule has 3 rings (SSSR count). The number of anilines is 1. The molecule has 0 aromatic heterocycles. The minimum Gasteiger partial charge on any atom is -0.457 e. The second-order valence-electron chi connectivity index (χ2n) is 5.91. The lowest BCUT2D eigenvalue weighted by molar-refractivity contribution is 0.102. The van der Waals surface area contributed by atoms with Gasteiger partial charge in [-0.3, -0.25) is 4.79 Å². The molecule has 0 aliphatic rings. The lowest BCUT2D eigenvalue weighted by Gasteiger charge is -2.10. The second kappa shape index (κ2) is 7.67. The van der Waals surface area contributed by atoms with E-state index in [0.29, 0.717) is 11.3 Å². The molecule has 3 nitrogen and oxygen atoms in total. The number of para-hydroxylation sites is 1. The van der Waals surface area contributed by atoms with E-state index in [0.717, 1.165) is 29.0 Å². The first-order valence-corrected chi connectivity index (χ1v) is 8.39. The Bertz CT molecular complexity index is 869. The maximum atomic E-state index is 12.4. The van der Waals surface area contributed by atoms with Gasteiger partial charge in [-0.05, 0) is 66.9 Å².